The monoisotopic (exact) mass is 263 g/mol. The van der Waals surface area contributed by atoms with Crippen LogP contribution in [0.2, 0.25) is 10.0 Å². The first-order chi connectivity index (χ1) is 8.22. The second-order valence-corrected chi connectivity index (χ2v) is 5.25. The molecule has 1 aliphatic rings. The van der Waals surface area contributed by atoms with E-state index in [1.807, 2.05) is 36.4 Å². The molecule has 1 saturated carbocycles. The van der Waals surface area contributed by atoms with Gasteiger partial charge in [-0.25, -0.2) is 0 Å². The number of halogens is 2. The minimum atomic E-state index is 0.603. The summed E-state index contributed by atoms with van der Waals surface area (Å²) in [5.41, 5.74) is 3.02. The number of pyridine rings is 1. The van der Waals surface area contributed by atoms with E-state index in [9.17, 15) is 0 Å². The van der Waals surface area contributed by atoms with E-state index in [0.29, 0.717) is 5.92 Å². The third-order valence-electron chi connectivity index (χ3n) is 2.93. The lowest BCUT2D eigenvalue weighted by Crippen LogP contribution is -1.90. The van der Waals surface area contributed by atoms with E-state index < -0.39 is 0 Å². The fraction of sp³-hybridized carbons (Fsp3) is 0.214. The summed E-state index contributed by atoms with van der Waals surface area (Å²) in [5, 5.41) is 1.47. The maximum atomic E-state index is 6.14. The average Bonchev–Trinajstić information content (AvgIpc) is 3.12. The highest BCUT2D eigenvalue weighted by Crippen LogP contribution is 2.40. The molecular formula is C14H11Cl2N. The van der Waals surface area contributed by atoms with Crippen molar-refractivity contribution < 1.29 is 0 Å². The van der Waals surface area contributed by atoms with Crippen LogP contribution >= 0.6 is 23.2 Å². The summed E-state index contributed by atoms with van der Waals surface area (Å²) < 4.78 is 0. The van der Waals surface area contributed by atoms with E-state index >= 15 is 0 Å². The third-order valence-corrected chi connectivity index (χ3v) is 3.38. The van der Waals surface area contributed by atoms with Crippen LogP contribution in [0.5, 0.6) is 0 Å². The van der Waals surface area contributed by atoms with Crippen LogP contribution in [0, 0.1) is 0 Å². The molecule has 1 aromatic carbocycles. The molecule has 1 heterocycles. The Hall–Kier alpha value is -1.05. The molecule has 0 aliphatic heterocycles. The molecule has 3 rings (SSSR count). The van der Waals surface area contributed by atoms with E-state index in [1.54, 1.807) is 0 Å². The van der Waals surface area contributed by atoms with E-state index in [1.165, 1.54) is 12.8 Å². The topological polar surface area (TPSA) is 12.9 Å². The van der Waals surface area contributed by atoms with Crippen molar-refractivity contribution in [2.45, 2.75) is 18.8 Å². The van der Waals surface area contributed by atoms with Gasteiger partial charge < -0.3 is 0 Å². The van der Waals surface area contributed by atoms with Gasteiger partial charge in [0.1, 0.15) is 0 Å². The molecule has 2 aromatic rings. The first-order valence-corrected chi connectivity index (χ1v) is 6.41. The molecule has 1 aromatic heterocycles. The van der Waals surface area contributed by atoms with Crippen LogP contribution in [0.1, 0.15) is 24.5 Å². The molecule has 86 valence electrons. The van der Waals surface area contributed by atoms with Gasteiger partial charge in [-0.1, -0.05) is 35.3 Å². The standard InChI is InChI=1S/C14H11Cl2N/c15-11-3-1-2-10(6-11)14-8-12(16)7-13(17-14)9-4-5-9/h1-3,6-9H,4-5H2. The van der Waals surface area contributed by atoms with Crippen LogP contribution in [0.3, 0.4) is 0 Å². The first-order valence-electron chi connectivity index (χ1n) is 5.66. The third kappa shape index (κ3) is 2.46. The van der Waals surface area contributed by atoms with E-state index in [2.05, 4.69) is 4.98 Å². The van der Waals surface area contributed by atoms with Gasteiger partial charge >= 0.3 is 0 Å². The summed E-state index contributed by atoms with van der Waals surface area (Å²) in [6.45, 7) is 0. The van der Waals surface area contributed by atoms with Crippen molar-refractivity contribution >= 4 is 23.2 Å². The van der Waals surface area contributed by atoms with Crippen LogP contribution in [-0.4, -0.2) is 4.98 Å². The Balaban J connectivity index is 2.07. The molecule has 0 bridgehead atoms. The van der Waals surface area contributed by atoms with Gasteiger partial charge in [-0.15, -0.1) is 0 Å². The molecule has 1 fully saturated rings. The van der Waals surface area contributed by atoms with Crippen molar-refractivity contribution in [2.24, 2.45) is 0 Å². The summed E-state index contributed by atoms with van der Waals surface area (Å²) in [6, 6.07) is 11.6. The maximum Gasteiger partial charge on any atom is 0.0720 e. The van der Waals surface area contributed by atoms with Gasteiger partial charge in [0.2, 0.25) is 0 Å². The van der Waals surface area contributed by atoms with Crippen LogP contribution in [-0.2, 0) is 0 Å². The van der Waals surface area contributed by atoms with Gasteiger partial charge in [0.15, 0.2) is 0 Å². The highest BCUT2D eigenvalue weighted by Gasteiger charge is 2.25. The summed E-state index contributed by atoms with van der Waals surface area (Å²) in [4.78, 5) is 4.66. The molecule has 3 heteroatoms. The average molecular weight is 264 g/mol. The highest BCUT2D eigenvalue weighted by atomic mass is 35.5. The van der Waals surface area contributed by atoms with E-state index in [4.69, 9.17) is 23.2 Å². The highest BCUT2D eigenvalue weighted by molar-refractivity contribution is 6.31. The molecule has 1 aliphatic carbocycles. The predicted octanol–water partition coefficient (Wildman–Crippen LogP) is 4.93. The lowest BCUT2D eigenvalue weighted by Gasteiger charge is -2.05. The van der Waals surface area contributed by atoms with Crippen LogP contribution < -0.4 is 0 Å². The van der Waals surface area contributed by atoms with Crippen LogP contribution in [0.4, 0.5) is 0 Å². The van der Waals surface area contributed by atoms with E-state index in [0.717, 1.165) is 27.0 Å². The first kappa shape index (κ1) is 11.1. The summed E-state index contributed by atoms with van der Waals surface area (Å²) >= 11 is 12.1. The molecule has 17 heavy (non-hydrogen) atoms. The molecule has 0 radical (unpaired) electrons. The fourth-order valence-electron chi connectivity index (χ4n) is 1.90. The molecule has 0 unspecified atom stereocenters. The Morgan fingerprint density at radius 3 is 2.53 bits per heavy atom. The van der Waals surface area contributed by atoms with Crippen molar-refractivity contribution in [1.82, 2.24) is 4.98 Å². The Morgan fingerprint density at radius 2 is 1.82 bits per heavy atom. The molecule has 0 N–H and O–H groups in total. The molecule has 0 spiro atoms. The zero-order chi connectivity index (χ0) is 11.8. The largest absolute Gasteiger partial charge is 0.252 e. The van der Waals surface area contributed by atoms with E-state index in [-0.39, 0.29) is 0 Å². The lowest BCUT2D eigenvalue weighted by molar-refractivity contribution is 1.03. The van der Waals surface area contributed by atoms with Gasteiger partial charge in [0, 0.05) is 27.2 Å². The van der Waals surface area contributed by atoms with Crippen molar-refractivity contribution in [3.8, 4) is 11.3 Å². The Labute approximate surface area is 110 Å². The number of hydrogen-bond donors (Lipinski definition) is 0. The quantitative estimate of drug-likeness (QED) is 0.749. The van der Waals surface area contributed by atoms with Crippen molar-refractivity contribution in [2.75, 3.05) is 0 Å². The Morgan fingerprint density at radius 1 is 1.00 bits per heavy atom. The summed E-state index contributed by atoms with van der Waals surface area (Å²) in [5.74, 6) is 0.603. The minimum Gasteiger partial charge on any atom is -0.252 e. The Bertz CT molecular complexity index is 562. The van der Waals surface area contributed by atoms with Crippen molar-refractivity contribution in [3.63, 3.8) is 0 Å². The summed E-state index contributed by atoms with van der Waals surface area (Å²) in [6.07, 6.45) is 2.45. The molecular weight excluding hydrogens is 253 g/mol. The van der Waals surface area contributed by atoms with Gasteiger partial charge in [-0.3, -0.25) is 4.98 Å². The van der Waals surface area contributed by atoms with Gasteiger partial charge in [-0.2, -0.15) is 0 Å². The maximum absolute atomic E-state index is 6.14. The zero-order valence-corrected chi connectivity index (χ0v) is 10.7. The van der Waals surface area contributed by atoms with Crippen molar-refractivity contribution in [3.05, 3.63) is 52.1 Å². The van der Waals surface area contributed by atoms with Crippen LogP contribution in [0.15, 0.2) is 36.4 Å². The minimum absolute atomic E-state index is 0.603. The SMILES string of the molecule is Clc1cccc(-c2cc(Cl)cc(C3CC3)n2)c1. The van der Waals surface area contributed by atoms with Gasteiger partial charge in [-0.05, 0) is 37.1 Å². The molecule has 1 nitrogen and oxygen atoms in total. The predicted molar refractivity (Wildman–Crippen MR) is 71.7 cm³/mol. The molecule has 0 saturated heterocycles. The normalized spacial score (nSPS) is 14.9. The number of benzene rings is 1. The second-order valence-electron chi connectivity index (χ2n) is 4.38. The number of aromatic nitrogens is 1. The summed E-state index contributed by atoms with van der Waals surface area (Å²) in [7, 11) is 0. The van der Waals surface area contributed by atoms with Gasteiger partial charge in [0.25, 0.3) is 0 Å². The molecule has 0 amide bonds. The number of nitrogens with zero attached hydrogens (tertiary/aromatic N) is 1. The van der Waals surface area contributed by atoms with Crippen LogP contribution in [0.25, 0.3) is 11.3 Å². The molecule has 0 atom stereocenters. The fourth-order valence-corrected chi connectivity index (χ4v) is 2.31. The Kier molecular flexibility index (Phi) is 2.81. The van der Waals surface area contributed by atoms with Gasteiger partial charge in [0.05, 0.1) is 5.69 Å². The lowest BCUT2D eigenvalue weighted by atomic mass is 10.1. The number of rotatable bonds is 2. The van der Waals surface area contributed by atoms with Crippen molar-refractivity contribution in [1.29, 1.82) is 0 Å². The zero-order valence-electron chi connectivity index (χ0n) is 9.16. The smallest absolute Gasteiger partial charge is 0.0720 e. The number of hydrogen-bond acceptors (Lipinski definition) is 1. The second kappa shape index (κ2) is 4.32.